The van der Waals surface area contributed by atoms with E-state index < -0.39 is 0 Å². The Hall–Kier alpha value is -1.32. The highest BCUT2D eigenvalue weighted by Crippen LogP contribution is 2.52. The number of nitrogens with zero attached hydrogens (tertiary/aromatic N) is 2. The molecular weight excluding hydrogens is 245 g/mol. The summed E-state index contributed by atoms with van der Waals surface area (Å²) >= 11 is 0. The Morgan fingerprint density at radius 1 is 1.30 bits per heavy atom. The van der Waals surface area contributed by atoms with E-state index in [0.717, 1.165) is 35.9 Å². The average Bonchev–Trinajstić information content (AvgIpc) is 2.58. The predicted octanol–water partition coefficient (Wildman–Crippen LogP) is 3.25. The molecule has 1 aliphatic rings. The number of hydrogen-bond acceptors (Lipinski definition) is 3. The molecule has 0 atom stereocenters. The molecule has 2 heterocycles. The van der Waals surface area contributed by atoms with Crippen LogP contribution in [0.2, 0.25) is 12.6 Å². The maximum atomic E-state index is 5.94. The zero-order chi connectivity index (χ0) is 15.1. The van der Waals surface area contributed by atoms with Crippen LogP contribution < -0.4 is 11.3 Å². The molecule has 2 N–H and O–H groups in total. The molecular formula is C16H26BN3. The lowest BCUT2D eigenvalue weighted by Crippen LogP contribution is -2.32. The number of anilines is 1. The number of hydrogen-bond donors (Lipinski definition) is 1. The zero-order valence-corrected chi connectivity index (χ0v) is 13.5. The molecule has 1 aromatic rings. The van der Waals surface area contributed by atoms with Crippen LogP contribution in [0.4, 0.5) is 5.82 Å². The molecule has 1 aromatic heterocycles. The normalized spacial score (nSPS) is 20.1. The second kappa shape index (κ2) is 4.90. The summed E-state index contributed by atoms with van der Waals surface area (Å²) in [5.41, 5.74) is 9.40. The largest absolute Gasteiger partial charge is 0.382 e. The highest BCUT2D eigenvalue weighted by Gasteiger charge is 2.48. The Morgan fingerprint density at radius 3 is 2.35 bits per heavy atom. The Labute approximate surface area is 123 Å². The molecule has 0 saturated carbocycles. The monoisotopic (exact) mass is 271 g/mol. The van der Waals surface area contributed by atoms with Gasteiger partial charge in [-0.05, 0) is 22.8 Å². The van der Waals surface area contributed by atoms with Gasteiger partial charge < -0.3 is 5.73 Å². The SMILES string of the molecule is C=C(CC)c1nc(B2CC(C)(C)C(C)(C)C2)cnc1N. The standard InChI is InChI=1S/C16H26BN3/c1-7-11(2)13-14(18)19-8-12(20-13)17-9-15(3,4)16(5,6)10-17/h8H,2,7,9-10H2,1,3-6H3,(H2,18,19). The lowest BCUT2D eigenvalue weighted by Gasteiger charge is -2.35. The smallest absolute Gasteiger partial charge is 0.203 e. The molecule has 108 valence electrons. The fourth-order valence-electron chi connectivity index (χ4n) is 3.10. The number of aromatic nitrogens is 2. The van der Waals surface area contributed by atoms with E-state index in [1.54, 1.807) is 0 Å². The molecule has 0 aromatic carbocycles. The van der Waals surface area contributed by atoms with Crippen LogP contribution >= 0.6 is 0 Å². The first-order valence-electron chi connectivity index (χ1n) is 7.48. The van der Waals surface area contributed by atoms with Crippen molar-refractivity contribution in [1.82, 2.24) is 9.97 Å². The second-order valence-electron chi connectivity index (χ2n) is 7.36. The molecule has 2 rings (SSSR count). The summed E-state index contributed by atoms with van der Waals surface area (Å²) < 4.78 is 0. The van der Waals surface area contributed by atoms with E-state index in [4.69, 9.17) is 10.7 Å². The van der Waals surface area contributed by atoms with Crippen LogP contribution in [0.5, 0.6) is 0 Å². The summed E-state index contributed by atoms with van der Waals surface area (Å²) in [6, 6.07) is 0. The molecule has 3 nitrogen and oxygen atoms in total. The van der Waals surface area contributed by atoms with Gasteiger partial charge in [0.1, 0.15) is 11.5 Å². The van der Waals surface area contributed by atoms with Gasteiger partial charge >= 0.3 is 0 Å². The van der Waals surface area contributed by atoms with Crippen molar-refractivity contribution in [2.45, 2.75) is 53.7 Å². The van der Waals surface area contributed by atoms with Crippen LogP contribution in [-0.4, -0.2) is 16.7 Å². The molecule has 0 bridgehead atoms. The number of rotatable bonds is 3. The van der Waals surface area contributed by atoms with Gasteiger partial charge in [0, 0.05) is 11.8 Å². The molecule has 20 heavy (non-hydrogen) atoms. The molecule has 0 radical (unpaired) electrons. The van der Waals surface area contributed by atoms with Crippen LogP contribution in [0.1, 0.15) is 46.7 Å². The van der Waals surface area contributed by atoms with Gasteiger partial charge in [0.2, 0.25) is 6.71 Å². The van der Waals surface area contributed by atoms with Crippen molar-refractivity contribution in [2.24, 2.45) is 10.8 Å². The van der Waals surface area contributed by atoms with E-state index in [9.17, 15) is 0 Å². The molecule has 0 amide bonds. The predicted molar refractivity (Wildman–Crippen MR) is 88.3 cm³/mol. The summed E-state index contributed by atoms with van der Waals surface area (Å²) in [6.07, 6.45) is 5.00. The molecule has 4 heteroatoms. The minimum atomic E-state index is 0.322. The topological polar surface area (TPSA) is 51.8 Å². The van der Waals surface area contributed by atoms with Gasteiger partial charge in [-0.3, -0.25) is 4.98 Å². The third-order valence-electron chi connectivity index (χ3n) is 5.34. The first-order chi connectivity index (χ1) is 9.18. The Balaban J connectivity index is 2.34. The minimum absolute atomic E-state index is 0.322. The maximum Gasteiger partial charge on any atom is 0.203 e. The minimum Gasteiger partial charge on any atom is -0.382 e. The van der Waals surface area contributed by atoms with Crippen molar-refractivity contribution in [3.8, 4) is 0 Å². The molecule has 0 spiro atoms. The molecule has 0 aliphatic carbocycles. The summed E-state index contributed by atoms with van der Waals surface area (Å²) in [5.74, 6) is 0.497. The van der Waals surface area contributed by atoms with Crippen molar-refractivity contribution >= 4 is 23.7 Å². The number of nitrogen functional groups attached to an aromatic ring is 1. The lowest BCUT2D eigenvalue weighted by atomic mass is 9.44. The number of nitrogens with two attached hydrogens (primary N) is 1. The van der Waals surface area contributed by atoms with Crippen molar-refractivity contribution in [1.29, 1.82) is 0 Å². The average molecular weight is 271 g/mol. The van der Waals surface area contributed by atoms with E-state index in [0.29, 0.717) is 23.4 Å². The molecule has 1 aliphatic heterocycles. The first-order valence-corrected chi connectivity index (χ1v) is 7.48. The summed E-state index contributed by atoms with van der Waals surface area (Å²) in [4.78, 5) is 9.11. The van der Waals surface area contributed by atoms with Gasteiger partial charge in [0.05, 0.1) is 0 Å². The fourth-order valence-corrected chi connectivity index (χ4v) is 3.10. The van der Waals surface area contributed by atoms with Gasteiger partial charge in [0.25, 0.3) is 0 Å². The van der Waals surface area contributed by atoms with Crippen LogP contribution in [-0.2, 0) is 0 Å². The van der Waals surface area contributed by atoms with Gasteiger partial charge in [-0.15, -0.1) is 0 Å². The van der Waals surface area contributed by atoms with Crippen LogP contribution in [0, 0.1) is 10.8 Å². The van der Waals surface area contributed by atoms with E-state index in [2.05, 4.69) is 46.2 Å². The van der Waals surface area contributed by atoms with Gasteiger partial charge in [-0.1, -0.05) is 53.8 Å². The van der Waals surface area contributed by atoms with E-state index in [-0.39, 0.29) is 0 Å². The van der Waals surface area contributed by atoms with Gasteiger partial charge in [-0.25, -0.2) is 4.98 Å². The van der Waals surface area contributed by atoms with Crippen molar-refractivity contribution in [2.75, 3.05) is 5.73 Å². The first kappa shape index (κ1) is 15.1. The third-order valence-corrected chi connectivity index (χ3v) is 5.34. The maximum absolute atomic E-state index is 5.94. The van der Waals surface area contributed by atoms with E-state index in [1.165, 1.54) is 0 Å². The zero-order valence-electron chi connectivity index (χ0n) is 13.5. The van der Waals surface area contributed by atoms with E-state index >= 15 is 0 Å². The van der Waals surface area contributed by atoms with Crippen LogP contribution in [0.25, 0.3) is 5.57 Å². The highest BCUT2D eigenvalue weighted by molar-refractivity contribution is 6.73. The van der Waals surface area contributed by atoms with Crippen molar-refractivity contribution in [3.63, 3.8) is 0 Å². The number of allylic oxidation sites excluding steroid dienone is 1. The highest BCUT2D eigenvalue weighted by atomic mass is 14.9. The van der Waals surface area contributed by atoms with Gasteiger partial charge in [-0.2, -0.15) is 0 Å². The van der Waals surface area contributed by atoms with Crippen molar-refractivity contribution in [3.05, 3.63) is 18.5 Å². The quantitative estimate of drug-likeness (QED) is 0.858. The van der Waals surface area contributed by atoms with Gasteiger partial charge in [0.15, 0.2) is 0 Å². The molecule has 0 unspecified atom stereocenters. The Bertz CT molecular complexity index is 519. The van der Waals surface area contributed by atoms with Crippen LogP contribution in [0.3, 0.4) is 0 Å². The fraction of sp³-hybridized carbons (Fsp3) is 0.625. The molecule has 1 fully saturated rings. The van der Waals surface area contributed by atoms with Crippen molar-refractivity contribution < 1.29 is 0 Å². The third kappa shape index (κ3) is 2.48. The molecule has 1 saturated heterocycles. The Morgan fingerprint density at radius 2 is 1.85 bits per heavy atom. The summed E-state index contributed by atoms with van der Waals surface area (Å²) in [7, 11) is 0. The summed E-state index contributed by atoms with van der Waals surface area (Å²) in [6.45, 7) is 16.0. The van der Waals surface area contributed by atoms with Crippen LogP contribution in [0.15, 0.2) is 12.8 Å². The second-order valence-corrected chi connectivity index (χ2v) is 7.36. The van der Waals surface area contributed by atoms with E-state index in [1.807, 2.05) is 6.20 Å². The summed E-state index contributed by atoms with van der Waals surface area (Å²) in [5, 5.41) is 0. The lowest BCUT2D eigenvalue weighted by molar-refractivity contribution is 0.177. The Kier molecular flexibility index (Phi) is 3.70.